The topological polar surface area (TPSA) is 38.3 Å². The van der Waals surface area contributed by atoms with Gasteiger partial charge in [0, 0.05) is 5.56 Å². The monoisotopic (exact) mass is 297 g/mol. The van der Waals surface area contributed by atoms with Crippen molar-refractivity contribution in [2.75, 3.05) is 7.11 Å². The number of carbonyl (C=O) groups is 1. The molecule has 116 valence electrons. The molecule has 1 N–H and O–H groups in total. The van der Waals surface area contributed by atoms with Gasteiger partial charge in [-0.1, -0.05) is 48.5 Å². The zero-order chi connectivity index (χ0) is 16.2. The average molecular weight is 297 g/mol. The lowest BCUT2D eigenvalue weighted by Crippen LogP contribution is -2.41. The van der Waals surface area contributed by atoms with E-state index in [0.29, 0.717) is 0 Å². The molecule has 0 aliphatic heterocycles. The van der Waals surface area contributed by atoms with Crippen LogP contribution in [0.4, 0.5) is 0 Å². The highest BCUT2D eigenvalue weighted by Crippen LogP contribution is 2.32. The molecule has 2 aromatic carbocycles. The van der Waals surface area contributed by atoms with E-state index in [4.69, 9.17) is 4.74 Å². The summed E-state index contributed by atoms with van der Waals surface area (Å²) in [5.74, 6) is 0.711. The van der Waals surface area contributed by atoms with Crippen LogP contribution in [0.1, 0.15) is 37.9 Å². The van der Waals surface area contributed by atoms with Crippen molar-refractivity contribution >= 4 is 5.91 Å². The van der Waals surface area contributed by atoms with Gasteiger partial charge in [0.15, 0.2) is 0 Å². The maximum atomic E-state index is 12.8. The molecular weight excluding hydrogens is 274 g/mol. The van der Waals surface area contributed by atoms with Gasteiger partial charge in [-0.25, -0.2) is 0 Å². The van der Waals surface area contributed by atoms with E-state index < -0.39 is 5.41 Å². The summed E-state index contributed by atoms with van der Waals surface area (Å²) in [4.78, 5) is 12.8. The fourth-order valence-electron chi connectivity index (χ4n) is 2.49. The normalized spacial score (nSPS) is 12.5. The van der Waals surface area contributed by atoms with Gasteiger partial charge < -0.3 is 10.1 Å². The fourth-order valence-corrected chi connectivity index (χ4v) is 2.49. The third-order valence-corrected chi connectivity index (χ3v) is 4.00. The summed E-state index contributed by atoms with van der Waals surface area (Å²) in [5, 5.41) is 3.09. The Morgan fingerprint density at radius 2 is 1.64 bits per heavy atom. The molecule has 0 bridgehead atoms. The van der Waals surface area contributed by atoms with Crippen molar-refractivity contribution in [1.29, 1.82) is 0 Å². The summed E-state index contributed by atoms with van der Waals surface area (Å²) < 4.78 is 5.39. The molecule has 0 aliphatic carbocycles. The minimum absolute atomic E-state index is 0.0200. The van der Waals surface area contributed by atoms with E-state index in [9.17, 15) is 4.79 Å². The number of para-hydroxylation sites is 1. The van der Waals surface area contributed by atoms with Crippen molar-refractivity contribution in [3.05, 3.63) is 65.7 Å². The van der Waals surface area contributed by atoms with Gasteiger partial charge >= 0.3 is 0 Å². The molecule has 0 aromatic heterocycles. The minimum Gasteiger partial charge on any atom is -0.496 e. The van der Waals surface area contributed by atoms with Crippen LogP contribution in [0.3, 0.4) is 0 Å². The van der Waals surface area contributed by atoms with Crippen molar-refractivity contribution in [2.45, 2.75) is 32.2 Å². The maximum Gasteiger partial charge on any atom is 0.230 e. The number of methoxy groups -OCH3 is 1. The third-order valence-electron chi connectivity index (χ3n) is 4.00. The van der Waals surface area contributed by atoms with Crippen molar-refractivity contribution in [3.63, 3.8) is 0 Å². The Morgan fingerprint density at radius 1 is 1.05 bits per heavy atom. The number of hydrogen-bond donors (Lipinski definition) is 1. The number of benzene rings is 2. The molecule has 2 rings (SSSR count). The fraction of sp³-hybridized carbons (Fsp3) is 0.316. The van der Waals surface area contributed by atoms with Crippen LogP contribution in [0.2, 0.25) is 0 Å². The van der Waals surface area contributed by atoms with E-state index in [2.05, 4.69) is 5.32 Å². The Bertz CT molecular complexity index is 635. The first-order chi connectivity index (χ1) is 10.5. The van der Waals surface area contributed by atoms with Crippen LogP contribution in [-0.4, -0.2) is 13.0 Å². The second kappa shape index (κ2) is 6.65. The van der Waals surface area contributed by atoms with Crippen LogP contribution >= 0.6 is 0 Å². The molecule has 1 unspecified atom stereocenters. The molecule has 0 spiro atoms. The molecule has 1 amide bonds. The Labute approximate surface area is 132 Å². The lowest BCUT2D eigenvalue weighted by atomic mass is 9.82. The SMILES string of the molecule is COc1ccccc1C(C)(C)C(=O)NC(C)c1ccccc1. The van der Waals surface area contributed by atoms with E-state index in [-0.39, 0.29) is 11.9 Å². The Balaban J connectivity index is 2.20. The number of ether oxygens (including phenoxy) is 1. The third kappa shape index (κ3) is 3.30. The highest BCUT2D eigenvalue weighted by atomic mass is 16.5. The van der Waals surface area contributed by atoms with E-state index in [1.54, 1.807) is 7.11 Å². The second-order valence-corrected chi connectivity index (χ2v) is 5.93. The van der Waals surface area contributed by atoms with Crippen molar-refractivity contribution in [2.24, 2.45) is 0 Å². The molecule has 0 radical (unpaired) electrons. The summed E-state index contributed by atoms with van der Waals surface area (Å²) in [5.41, 5.74) is 1.30. The van der Waals surface area contributed by atoms with Crippen LogP contribution in [0.25, 0.3) is 0 Å². The van der Waals surface area contributed by atoms with Gasteiger partial charge in [-0.2, -0.15) is 0 Å². The molecule has 0 fully saturated rings. The van der Waals surface area contributed by atoms with Gasteiger partial charge in [0.05, 0.1) is 18.6 Å². The molecule has 0 aliphatic rings. The number of rotatable bonds is 5. The molecule has 3 nitrogen and oxygen atoms in total. The summed E-state index contributed by atoms with van der Waals surface area (Å²) in [6.07, 6.45) is 0. The highest BCUT2D eigenvalue weighted by molar-refractivity contribution is 5.88. The van der Waals surface area contributed by atoms with Crippen LogP contribution in [-0.2, 0) is 10.2 Å². The molecule has 1 atom stereocenters. The summed E-state index contributed by atoms with van der Waals surface area (Å²) in [6.45, 7) is 5.82. The summed E-state index contributed by atoms with van der Waals surface area (Å²) in [7, 11) is 1.62. The van der Waals surface area contributed by atoms with Gasteiger partial charge in [0.2, 0.25) is 5.91 Å². The second-order valence-electron chi connectivity index (χ2n) is 5.93. The van der Waals surface area contributed by atoms with E-state index in [1.807, 2.05) is 75.4 Å². The maximum absolute atomic E-state index is 12.8. The van der Waals surface area contributed by atoms with Crippen LogP contribution < -0.4 is 10.1 Å². The van der Waals surface area contributed by atoms with Gasteiger partial charge in [0.1, 0.15) is 5.75 Å². The van der Waals surface area contributed by atoms with Crippen molar-refractivity contribution < 1.29 is 9.53 Å². The molecule has 2 aromatic rings. The number of carbonyl (C=O) groups excluding carboxylic acids is 1. The largest absolute Gasteiger partial charge is 0.496 e. The molecule has 22 heavy (non-hydrogen) atoms. The van der Waals surface area contributed by atoms with Crippen molar-refractivity contribution in [3.8, 4) is 5.75 Å². The standard InChI is InChI=1S/C19H23NO2/c1-14(15-10-6-5-7-11-15)20-18(21)19(2,3)16-12-8-9-13-17(16)22-4/h5-14H,1-4H3,(H,20,21). The van der Waals surface area contributed by atoms with E-state index in [1.165, 1.54) is 0 Å². The van der Waals surface area contributed by atoms with E-state index >= 15 is 0 Å². The van der Waals surface area contributed by atoms with Gasteiger partial charge in [-0.15, -0.1) is 0 Å². The molecule has 3 heteroatoms. The Hall–Kier alpha value is -2.29. The smallest absolute Gasteiger partial charge is 0.230 e. The predicted octanol–water partition coefficient (Wildman–Crippen LogP) is 3.85. The van der Waals surface area contributed by atoms with Crippen LogP contribution in [0.15, 0.2) is 54.6 Å². The van der Waals surface area contributed by atoms with E-state index in [0.717, 1.165) is 16.9 Å². The highest BCUT2D eigenvalue weighted by Gasteiger charge is 2.33. The zero-order valence-corrected chi connectivity index (χ0v) is 13.6. The lowest BCUT2D eigenvalue weighted by molar-refractivity contribution is -0.126. The van der Waals surface area contributed by atoms with Gasteiger partial charge in [-0.05, 0) is 32.4 Å². The molecule has 0 saturated carbocycles. The van der Waals surface area contributed by atoms with Crippen LogP contribution in [0, 0.1) is 0 Å². The first-order valence-electron chi connectivity index (χ1n) is 7.46. The van der Waals surface area contributed by atoms with Crippen molar-refractivity contribution in [1.82, 2.24) is 5.32 Å². The van der Waals surface area contributed by atoms with Gasteiger partial charge in [0.25, 0.3) is 0 Å². The quantitative estimate of drug-likeness (QED) is 0.910. The lowest BCUT2D eigenvalue weighted by Gasteiger charge is -2.28. The van der Waals surface area contributed by atoms with Crippen LogP contribution in [0.5, 0.6) is 5.75 Å². The Morgan fingerprint density at radius 3 is 2.27 bits per heavy atom. The first kappa shape index (κ1) is 16.1. The molecular formula is C19H23NO2. The molecule has 0 heterocycles. The summed E-state index contributed by atoms with van der Waals surface area (Å²) in [6, 6.07) is 17.6. The minimum atomic E-state index is -0.671. The number of amides is 1. The Kier molecular flexibility index (Phi) is 4.86. The average Bonchev–Trinajstić information content (AvgIpc) is 2.55. The summed E-state index contributed by atoms with van der Waals surface area (Å²) >= 11 is 0. The van der Waals surface area contributed by atoms with Gasteiger partial charge in [-0.3, -0.25) is 4.79 Å². The first-order valence-corrected chi connectivity index (χ1v) is 7.46. The number of hydrogen-bond acceptors (Lipinski definition) is 2. The number of nitrogens with one attached hydrogen (secondary N) is 1. The predicted molar refractivity (Wildman–Crippen MR) is 89.0 cm³/mol. The zero-order valence-electron chi connectivity index (χ0n) is 13.6. The molecule has 0 saturated heterocycles.